The van der Waals surface area contributed by atoms with E-state index < -0.39 is 17.5 Å². The molecule has 0 aliphatic heterocycles. The number of hydrogen-bond acceptors (Lipinski definition) is 4. The number of nitrogens with zero attached hydrogens (tertiary/aromatic N) is 1. The molecule has 0 spiro atoms. The van der Waals surface area contributed by atoms with Gasteiger partial charge in [-0.25, -0.2) is 8.78 Å². The van der Waals surface area contributed by atoms with E-state index >= 15 is 0 Å². The summed E-state index contributed by atoms with van der Waals surface area (Å²) in [6.45, 7) is 0. The Balaban J connectivity index is 1.95. The van der Waals surface area contributed by atoms with Gasteiger partial charge in [0, 0.05) is 18.0 Å². The van der Waals surface area contributed by atoms with Crippen molar-refractivity contribution in [3.63, 3.8) is 0 Å². The van der Waals surface area contributed by atoms with Crippen molar-refractivity contribution in [3.05, 3.63) is 53.0 Å². The molecule has 3 rings (SSSR count). The summed E-state index contributed by atoms with van der Waals surface area (Å²) in [5.74, 6) is -2.06. The Bertz CT molecular complexity index is 827. The number of anilines is 2. The smallest absolute Gasteiger partial charge is 0.267 e. The molecule has 0 aliphatic rings. The first-order valence-electron chi connectivity index (χ1n) is 5.95. The van der Waals surface area contributed by atoms with Crippen LogP contribution in [0.5, 0.6) is 0 Å². The molecule has 0 aliphatic carbocycles. The number of amides is 1. The van der Waals surface area contributed by atoms with Crippen LogP contribution < -0.4 is 11.1 Å². The van der Waals surface area contributed by atoms with Gasteiger partial charge in [-0.3, -0.25) is 9.78 Å². The van der Waals surface area contributed by atoms with Crippen molar-refractivity contribution in [1.82, 2.24) is 4.98 Å². The van der Waals surface area contributed by atoms with E-state index in [2.05, 4.69) is 10.3 Å². The van der Waals surface area contributed by atoms with E-state index in [0.29, 0.717) is 5.52 Å². The van der Waals surface area contributed by atoms with Gasteiger partial charge in [-0.15, -0.1) is 11.3 Å². The number of nitrogens with one attached hydrogen (secondary N) is 1. The van der Waals surface area contributed by atoms with Gasteiger partial charge < -0.3 is 11.1 Å². The summed E-state index contributed by atoms with van der Waals surface area (Å²) in [7, 11) is 0. The molecule has 0 unspecified atom stereocenters. The number of halogens is 2. The summed E-state index contributed by atoms with van der Waals surface area (Å²) in [6.07, 6.45) is 1.58. The lowest BCUT2D eigenvalue weighted by atomic mass is 10.2. The van der Waals surface area contributed by atoms with E-state index in [0.717, 1.165) is 22.9 Å². The lowest BCUT2D eigenvalue weighted by molar-refractivity contribution is 0.103. The highest BCUT2D eigenvalue weighted by atomic mass is 32.1. The maximum absolute atomic E-state index is 13.1. The van der Waals surface area contributed by atoms with Gasteiger partial charge in [0.15, 0.2) is 0 Å². The first-order valence-corrected chi connectivity index (χ1v) is 6.76. The highest BCUT2D eigenvalue weighted by Crippen LogP contribution is 2.32. The topological polar surface area (TPSA) is 68.0 Å². The number of nitrogen functional groups attached to an aromatic ring is 1. The van der Waals surface area contributed by atoms with Crippen LogP contribution in [0, 0.1) is 11.6 Å². The van der Waals surface area contributed by atoms with Crippen LogP contribution in [0.1, 0.15) is 9.67 Å². The Kier molecular flexibility index (Phi) is 3.26. The molecule has 3 aromatic rings. The van der Waals surface area contributed by atoms with Crippen LogP contribution in [0.3, 0.4) is 0 Å². The molecule has 0 saturated heterocycles. The van der Waals surface area contributed by atoms with Crippen molar-refractivity contribution in [2.75, 3.05) is 11.1 Å². The third-order valence-electron chi connectivity index (χ3n) is 2.81. The number of rotatable bonds is 2. The maximum atomic E-state index is 13.1. The molecule has 3 N–H and O–H groups in total. The summed E-state index contributed by atoms with van der Waals surface area (Å²) < 4.78 is 27.0. The van der Waals surface area contributed by atoms with Gasteiger partial charge in [0.2, 0.25) is 0 Å². The Hall–Kier alpha value is -2.54. The molecule has 1 aromatic carbocycles. The molecular weight excluding hydrogens is 296 g/mol. The molecule has 2 heterocycles. The van der Waals surface area contributed by atoms with Crippen LogP contribution >= 0.6 is 11.3 Å². The van der Waals surface area contributed by atoms with Gasteiger partial charge in [-0.2, -0.15) is 0 Å². The van der Waals surface area contributed by atoms with E-state index in [9.17, 15) is 13.6 Å². The molecular formula is C14H9F2N3OS. The van der Waals surface area contributed by atoms with Crippen molar-refractivity contribution in [2.24, 2.45) is 0 Å². The highest BCUT2D eigenvalue weighted by Gasteiger charge is 2.17. The zero-order valence-corrected chi connectivity index (χ0v) is 11.4. The Morgan fingerprint density at radius 2 is 1.95 bits per heavy atom. The Labute approximate surface area is 122 Å². The molecule has 7 heteroatoms. The molecule has 2 aromatic heterocycles. The van der Waals surface area contributed by atoms with Crippen LogP contribution in [0.15, 0.2) is 36.5 Å². The van der Waals surface area contributed by atoms with E-state index in [4.69, 9.17) is 5.73 Å². The fourth-order valence-electron chi connectivity index (χ4n) is 1.93. The molecule has 0 fully saturated rings. The predicted octanol–water partition coefficient (Wildman–Crippen LogP) is 3.41. The minimum Gasteiger partial charge on any atom is -0.396 e. The van der Waals surface area contributed by atoms with Gasteiger partial charge in [0.25, 0.3) is 5.91 Å². The van der Waals surface area contributed by atoms with Crippen molar-refractivity contribution in [2.45, 2.75) is 0 Å². The first kappa shape index (κ1) is 13.4. The van der Waals surface area contributed by atoms with E-state index in [1.807, 2.05) is 0 Å². The number of hydrogen-bond donors (Lipinski definition) is 2. The molecule has 4 nitrogen and oxygen atoms in total. The van der Waals surface area contributed by atoms with E-state index in [-0.39, 0.29) is 16.3 Å². The summed E-state index contributed by atoms with van der Waals surface area (Å²) in [6, 6.07) is 6.32. The number of benzene rings is 1. The van der Waals surface area contributed by atoms with Crippen LogP contribution in [-0.2, 0) is 0 Å². The zero-order chi connectivity index (χ0) is 15.0. The summed E-state index contributed by atoms with van der Waals surface area (Å²) in [5, 5.41) is 2.43. The van der Waals surface area contributed by atoms with Crippen molar-refractivity contribution in [1.29, 1.82) is 0 Å². The molecule has 106 valence electrons. The van der Waals surface area contributed by atoms with Gasteiger partial charge in [-0.1, -0.05) is 0 Å². The second-order valence-electron chi connectivity index (χ2n) is 4.31. The van der Waals surface area contributed by atoms with Gasteiger partial charge in [0.05, 0.1) is 10.4 Å². The number of nitrogens with two attached hydrogens (primary N) is 1. The molecule has 21 heavy (non-hydrogen) atoms. The SMILES string of the molecule is Nc1c(C(=O)Nc2cc(F)cc(F)c2)sc2cccnc12. The number of carbonyl (C=O) groups excluding carboxylic acids is 1. The predicted molar refractivity (Wildman–Crippen MR) is 78.3 cm³/mol. The lowest BCUT2D eigenvalue weighted by Gasteiger charge is -2.04. The summed E-state index contributed by atoms with van der Waals surface area (Å²) in [5.41, 5.74) is 6.72. The standard InChI is InChI=1S/C14H9F2N3OS/c15-7-4-8(16)6-9(5-7)19-14(20)13-11(17)12-10(21-13)2-1-3-18-12/h1-6H,17H2,(H,19,20). The van der Waals surface area contributed by atoms with Crippen LogP contribution in [0.2, 0.25) is 0 Å². The largest absolute Gasteiger partial charge is 0.396 e. The van der Waals surface area contributed by atoms with Crippen LogP contribution in [0.25, 0.3) is 10.2 Å². The fourth-order valence-corrected chi connectivity index (χ4v) is 2.91. The Morgan fingerprint density at radius 1 is 1.24 bits per heavy atom. The average Bonchev–Trinajstić information content (AvgIpc) is 2.76. The number of thiophene rings is 1. The Morgan fingerprint density at radius 3 is 2.62 bits per heavy atom. The van der Waals surface area contributed by atoms with Gasteiger partial charge in [0.1, 0.15) is 22.0 Å². The third kappa shape index (κ3) is 2.55. The maximum Gasteiger partial charge on any atom is 0.267 e. The second kappa shape index (κ2) is 5.10. The second-order valence-corrected chi connectivity index (χ2v) is 5.36. The normalized spacial score (nSPS) is 10.8. The molecule has 0 atom stereocenters. The van der Waals surface area contributed by atoms with Crippen molar-refractivity contribution in [3.8, 4) is 0 Å². The van der Waals surface area contributed by atoms with Crippen LogP contribution in [-0.4, -0.2) is 10.9 Å². The molecule has 0 bridgehead atoms. The molecule has 0 radical (unpaired) electrons. The lowest BCUT2D eigenvalue weighted by Crippen LogP contribution is -2.12. The quantitative estimate of drug-likeness (QED) is 0.762. The van der Waals surface area contributed by atoms with Crippen molar-refractivity contribution >= 4 is 38.8 Å². The number of carbonyl (C=O) groups is 1. The number of pyridine rings is 1. The van der Waals surface area contributed by atoms with Gasteiger partial charge >= 0.3 is 0 Å². The molecule has 1 amide bonds. The van der Waals surface area contributed by atoms with Crippen molar-refractivity contribution < 1.29 is 13.6 Å². The zero-order valence-electron chi connectivity index (χ0n) is 10.6. The minimum absolute atomic E-state index is 0.0299. The summed E-state index contributed by atoms with van der Waals surface area (Å²) in [4.78, 5) is 16.5. The first-order chi connectivity index (χ1) is 10.0. The number of aromatic nitrogens is 1. The monoisotopic (exact) mass is 305 g/mol. The number of fused-ring (bicyclic) bond motifs is 1. The highest BCUT2D eigenvalue weighted by molar-refractivity contribution is 7.21. The molecule has 0 saturated carbocycles. The fraction of sp³-hybridized carbons (Fsp3) is 0. The van der Waals surface area contributed by atoms with Crippen LogP contribution in [0.4, 0.5) is 20.2 Å². The van der Waals surface area contributed by atoms with Gasteiger partial charge in [-0.05, 0) is 24.3 Å². The average molecular weight is 305 g/mol. The third-order valence-corrected chi connectivity index (χ3v) is 3.97. The van der Waals surface area contributed by atoms with E-state index in [1.54, 1.807) is 18.3 Å². The van der Waals surface area contributed by atoms with E-state index in [1.165, 1.54) is 11.3 Å². The summed E-state index contributed by atoms with van der Waals surface area (Å²) >= 11 is 1.17. The minimum atomic E-state index is -0.767.